The van der Waals surface area contributed by atoms with Crippen molar-refractivity contribution in [3.8, 4) is 0 Å². The summed E-state index contributed by atoms with van der Waals surface area (Å²) >= 11 is 0. The number of rotatable bonds is 6. The maximum absolute atomic E-state index is 11.9. The highest BCUT2D eigenvalue weighted by atomic mass is 16.1. The molecular weight excluding hydrogens is 256 g/mol. The first kappa shape index (κ1) is 14.0. The molecule has 0 aliphatic rings. The Bertz CT molecular complexity index is 580. The zero-order valence-corrected chi connectivity index (χ0v) is 11.6. The Balaban J connectivity index is 1.86. The highest BCUT2D eigenvalue weighted by Crippen LogP contribution is 2.01. The van der Waals surface area contributed by atoms with Crippen molar-refractivity contribution in [2.24, 2.45) is 7.05 Å². The lowest BCUT2D eigenvalue weighted by Crippen LogP contribution is -2.27. The number of carbonyl (C=O) groups is 1. The Morgan fingerprint density at radius 2 is 2.25 bits per heavy atom. The largest absolute Gasteiger partial charge is 0.369 e. The number of aryl methyl sites for hydroxylation is 1. The minimum Gasteiger partial charge on any atom is -0.369 e. The number of amides is 1. The summed E-state index contributed by atoms with van der Waals surface area (Å²) in [5, 5.41) is 10.1. The Morgan fingerprint density at radius 1 is 1.40 bits per heavy atom. The summed E-state index contributed by atoms with van der Waals surface area (Å²) < 4.78 is 1.74. The van der Waals surface area contributed by atoms with E-state index in [-0.39, 0.29) is 5.91 Å². The minimum absolute atomic E-state index is 0.229. The van der Waals surface area contributed by atoms with Crippen molar-refractivity contribution >= 4 is 11.7 Å². The predicted molar refractivity (Wildman–Crippen MR) is 75.4 cm³/mol. The second-order valence-corrected chi connectivity index (χ2v) is 4.31. The fraction of sp³-hybridized carbons (Fsp3) is 0.385. The number of hydrogen-bond donors (Lipinski definition) is 2. The summed E-state index contributed by atoms with van der Waals surface area (Å²) in [5.41, 5.74) is 1.25. The van der Waals surface area contributed by atoms with Crippen LogP contribution >= 0.6 is 0 Å². The van der Waals surface area contributed by atoms with E-state index >= 15 is 0 Å². The van der Waals surface area contributed by atoms with E-state index in [9.17, 15) is 4.79 Å². The normalized spacial score (nSPS) is 10.3. The topological polar surface area (TPSA) is 84.7 Å². The van der Waals surface area contributed by atoms with Crippen molar-refractivity contribution in [2.75, 3.05) is 18.4 Å². The van der Waals surface area contributed by atoms with Gasteiger partial charge < -0.3 is 10.6 Å². The van der Waals surface area contributed by atoms with Gasteiger partial charge in [0.25, 0.3) is 5.91 Å². The zero-order valence-electron chi connectivity index (χ0n) is 11.6. The quantitative estimate of drug-likeness (QED) is 0.806. The van der Waals surface area contributed by atoms with E-state index in [2.05, 4.69) is 25.7 Å². The lowest BCUT2D eigenvalue weighted by molar-refractivity contribution is 0.0949. The maximum atomic E-state index is 11.9. The highest BCUT2D eigenvalue weighted by Gasteiger charge is 2.08. The van der Waals surface area contributed by atoms with E-state index < -0.39 is 0 Å². The van der Waals surface area contributed by atoms with Gasteiger partial charge in [-0.25, -0.2) is 4.98 Å². The van der Waals surface area contributed by atoms with E-state index in [0.29, 0.717) is 24.5 Å². The summed E-state index contributed by atoms with van der Waals surface area (Å²) in [6, 6.07) is 1.93. The second kappa shape index (κ2) is 6.65. The van der Waals surface area contributed by atoms with Gasteiger partial charge in [-0.05, 0) is 13.0 Å². The molecule has 0 saturated heterocycles. The van der Waals surface area contributed by atoms with Crippen molar-refractivity contribution in [3.05, 3.63) is 36.0 Å². The van der Waals surface area contributed by atoms with Crippen molar-refractivity contribution in [1.29, 1.82) is 0 Å². The van der Waals surface area contributed by atoms with E-state index in [1.54, 1.807) is 10.9 Å². The number of nitrogens with zero attached hydrogens (tertiary/aromatic N) is 4. The molecule has 0 aliphatic carbocycles. The molecular formula is C13H18N6O. The third-order valence-corrected chi connectivity index (χ3v) is 2.66. The lowest BCUT2D eigenvalue weighted by atomic mass is 10.3. The van der Waals surface area contributed by atoms with Crippen LogP contribution in [0, 0.1) is 0 Å². The van der Waals surface area contributed by atoms with Crippen molar-refractivity contribution in [1.82, 2.24) is 25.1 Å². The van der Waals surface area contributed by atoms with E-state index in [4.69, 9.17) is 0 Å². The molecule has 2 N–H and O–H groups in total. The molecule has 0 spiro atoms. The van der Waals surface area contributed by atoms with Crippen LogP contribution in [0.4, 0.5) is 5.82 Å². The third-order valence-electron chi connectivity index (χ3n) is 2.66. The Labute approximate surface area is 117 Å². The van der Waals surface area contributed by atoms with Crippen molar-refractivity contribution < 1.29 is 4.79 Å². The number of aromatic nitrogens is 4. The van der Waals surface area contributed by atoms with Crippen LogP contribution in [0.2, 0.25) is 0 Å². The Morgan fingerprint density at radius 3 is 2.95 bits per heavy atom. The van der Waals surface area contributed by atoms with E-state index in [1.807, 2.05) is 26.2 Å². The molecule has 1 amide bonds. The van der Waals surface area contributed by atoms with Crippen LogP contribution in [0.3, 0.4) is 0 Å². The van der Waals surface area contributed by atoms with Gasteiger partial charge in [-0.1, -0.05) is 0 Å². The monoisotopic (exact) mass is 274 g/mol. The molecule has 106 valence electrons. The Kier molecular flexibility index (Phi) is 4.65. The zero-order chi connectivity index (χ0) is 14.4. The Hall–Kier alpha value is -2.44. The minimum atomic E-state index is -0.229. The molecule has 7 nitrogen and oxygen atoms in total. The number of anilines is 1. The molecule has 0 aromatic carbocycles. The summed E-state index contributed by atoms with van der Waals surface area (Å²) in [4.78, 5) is 20.1. The van der Waals surface area contributed by atoms with Crippen molar-refractivity contribution in [2.45, 2.75) is 13.3 Å². The maximum Gasteiger partial charge on any atom is 0.271 e. The van der Waals surface area contributed by atoms with Gasteiger partial charge in [-0.2, -0.15) is 5.10 Å². The van der Waals surface area contributed by atoms with Gasteiger partial charge in [0, 0.05) is 32.8 Å². The average Bonchev–Trinajstić information content (AvgIpc) is 2.85. The first-order valence-corrected chi connectivity index (χ1v) is 6.51. The van der Waals surface area contributed by atoms with Crippen LogP contribution in [0.5, 0.6) is 0 Å². The van der Waals surface area contributed by atoms with Gasteiger partial charge in [0.15, 0.2) is 0 Å². The molecule has 0 radical (unpaired) electrons. The standard InChI is InChI=1S/C13H18N6O/c1-3-15-12-9-14-8-11(17-12)13(20)16-6-4-10-5-7-19(2)18-10/h5,7-9H,3-4,6H2,1-2H3,(H,15,17)(H,16,20). The number of hydrogen-bond acceptors (Lipinski definition) is 5. The molecule has 0 bridgehead atoms. The van der Waals surface area contributed by atoms with Gasteiger partial charge in [0.2, 0.25) is 0 Å². The molecule has 0 saturated carbocycles. The van der Waals surface area contributed by atoms with Crippen LogP contribution < -0.4 is 10.6 Å². The molecule has 20 heavy (non-hydrogen) atoms. The first-order valence-electron chi connectivity index (χ1n) is 6.51. The van der Waals surface area contributed by atoms with E-state index in [1.165, 1.54) is 6.20 Å². The van der Waals surface area contributed by atoms with Crippen LogP contribution in [0.15, 0.2) is 24.7 Å². The molecule has 7 heteroatoms. The molecule has 0 fully saturated rings. The van der Waals surface area contributed by atoms with Gasteiger partial charge in [0.05, 0.1) is 18.1 Å². The smallest absolute Gasteiger partial charge is 0.271 e. The molecule has 2 aromatic heterocycles. The van der Waals surface area contributed by atoms with E-state index in [0.717, 1.165) is 12.2 Å². The molecule has 2 aromatic rings. The summed E-state index contributed by atoms with van der Waals surface area (Å²) in [6.45, 7) is 3.21. The SMILES string of the molecule is CCNc1cncc(C(=O)NCCc2ccn(C)n2)n1. The third kappa shape index (κ3) is 3.78. The molecule has 0 unspecified atom stereocenters. The lowest BCUT2D eigenvalue weighted by Gasteiger charge is -2.05. The molecule has 2 heterocycles. The molecule has 0 aliphatic heterocycles. The van der Waals surface area contributed by atoms with Crippen LogP contribution in [0.1, 0.15) is 23.1 Å². The predicted octanol–water partition coefficient (Wildman–Crippen LogP) is 0.614. The first-order chi connectivity index (χ1) is 9.69. The fourth-order valence-electron chi connectivity index (χ4n) is 1.73. The van der Waals surface area contributed by atoms with Crippen LogP contribution in [-0.2, 0) is 13.5 Å². The second-order valence-electron chi connectivity index (χ2n) is 4.31. The molecule has 2 rings (SSSR count). The number of carbonyl (C=O) groups excluding carboxylic acids is 1. The van der Waals surface area contributed by atoms with Crippen LogP contribution in [0.25, 0.3) is 0 Å². The summed E-state index contributed by atoms with van der Waals surface area (Å²) in [5.74, 6) is 0.373. The average molecular weight is 274 g/mol. The highest BCUT2D eigenvalue weighted by molar-refractivity contribution is 5.92. The van der Waals surface area contributed by atoms with Crippen molar-refractivity contribution in [3.63, 3.8) is 0 Å². The molecule has 0 atom stereocenters. The van der Waals surface area contributed by atoms with Gasteiger partial charge in [-0.3, -0.25) is 14.5 Å². The van der Waals surface area contributed by atoms with Gasteiger partial charge >= 0.3 is 0 Å². The summed E-state index contributed by atoms with van der Waals surface area (Å²) in [6.07, 6.45) is 5.61. The van der Waals surface area contributed by atoms with Gasteiger partial charge in [-0.15, -0.1) is 0 Å². The number of nitrogens with one attached hydrogen (secondary N) is 2. The fourth-order valence-corrected chi connectivity index (χ4v) is 1.73. The van der Waals surface area contributed by atoms with Crippen LogP contribution in [-0.4, -0.2) is 38.7 Å². The van der Waals surface area contributed by atoms with Gasteiger partial charge in [0.1, 0.15) is 11.5 Å². The summed E-state index contributed by atoms with van der Waals surface area (Å²) in [7, 11) is 1.86.